The Kier molecular flexibility index (Phi) is 5.77. The van der Waals surface area contributed by atoms with Gasteiger partial charge in [0.15, 0.2) is 0 Å². The molecule has 5 nitrogen and oxygen atoms in total. The second-order valence-electron chi connectivity index (χ2n) is 5.07. The Balaban J connectivity index is 1.64. The smallest absolute Gasteiger partial charge is 0.261 e. The van der Waals surface area contributed by atoms with Crippen LogP contribution in [-0.4, -0.2) is 18.4 Å². The van der Waals surface area contributed by atoms with E-state index in [1.165, 1.54) is 11.3 Å². The van der Waals surface area contributed by atoms with Crippen molar-refractivity contribution in [3.8, 4) is 0 Å². The van der Waals surface area contributed by atoms with Gasteiger partial charge in [0.2, 0.25) is 5.91 Å². The Morgan fingerprint density at radius 1 is 1.32 bits per heavy atom. The van der Waals surface area contributed by atoms with Gasteiger partial charge in [-0.3, -0.25) is 9.59 Å². The summed E-state index contributed by atoms with van der Waals surface area (Å²) in [6.45, 7) is 4.24. The van der Waals surface area contributed by atoms with Crippen LogP contribution in [0.5, 0.6) is 0 Å². The van der Waals surface area contributed by atoms with Gasteiger partial charge in [0, 0.05) is 13.0 Å². The molecule has 0 fully saturated rings. The van der Waals surface area contributed by atoms with Gasteiger partial charge in [-0.25, -0.2) is 0 Å². The van der Waals surface area contributed by atoms with E-state index in [1.54, 1.807) is 6.07 Å². The first-order chi connectivity index (χ1) is 10.6. The van der Waals surface area contributed by atoms with Crippen molar-refractivity contribution in [2.45, 2.75) is 32.7 Å². The predicted octanol–water partition coefficient (Wildman–Crippen LogP) is 3.04. The van der Waals surface area contributed by atoms with Crippen LogP contribution in [0.2, 0.25) is 0 Å². The van der Waals surface area contributed by atoms with E-state index in [4.69, 9.17) is 4.42 Å². The number of carbonyl (C=O) groups is 2. The SMILES string of the molecule is Cc1ccc(C(C)NC(=O)CCCNC(=O)c2cccs2)o1. The van der Waals surface area contributed by atoms with E-state index >= 15 is 0 Å². The van der Waals surface area contributed by atoms with Crippen molar-refractivity contribution in [2.75, 3.05) is 6.54 Å². The lowest BCUT2D eigenvalue weighted by molar-refractivity contribution is -0.121. The maximum absolute atomic E-state index is 11.8. The molecular formula is C16H20N2O3S. The number of aryl methyl sites for hydroxylation is 1. The normalized spacial score (nSPS) is 11.9. The summed E-state index contributed by atoms with van der Waals surface area (Å²) in [6.07, 6.45) is 0.974. The lowest BCUT2D eigenvalue weighted by Crippen LogP contribution is -2.28. The summed E-state index contributed by atoms with van der Waals surface area (Å²) in [5.41, 5.74) is 0. The maximum Gasteiger partial charge on any atom is 0.261 e. The van der Waals surface area contributed by atoms with E-state index in [1.807, 2.05) is 37.4 Å². The first-order valence-corrected chi connectivity index (χ1v) is 8.11. The molecule has 2 N–H and O–H groups in total. The van der Waals surface area contributed by atoms with Gasteiger partial charge in [0.1, 0.15) is 11.5 Å². The van der Waals surface area contributed by atoms with Crippen LogP contribution in [0.3, 0.4) is 0 Å². The Bertz CT molecular complexity index is 619. The third kappa shape index (κ3) is 4.73. The number of nitrogens with one attached hydrogen (secondary N) is 2. The molecule has 0 spiro atoms. The number of hydrogen-bond donors (Lipinski definition) is 2. The minimum atomic E-state index is -0.151. The monoisotopic (exact) mass is 320 g/mol. The zero-order valence-electron chi connectivity index (χ0n) is 12.7. The van der Waals surface area contributed by atoms with E-state index in [2.05, 4.69) is 10.6 Å². The summed E-state index contributed by atoms with van der Waals surface area (Å²) in [5.74, 6) is 1.44. The van der Waals surface area contributed by atoms with Crippen LogP contribution < -0.4 is 10.6 Å². The number of thiophene rings is 1. The van der Waals surface area contributed by atoms with Gasteiger partial charge in [-0.05, 0) is 43.8 Å². The average molecular weight is 320 g/mol. The van der Waals surface area contributed by atoms with Gasteiger partial charge >= 0.3 is 0 Å². The van der Waals surface area contributed by atoms with Crippen LogP contribution in [0.1, 0.15) is 47.0 Å². The predicted molar refractivity (Wildman–Crippen MR) is 85.9 cm³/mol. The lowest BCUT2D eigenvalue weighted by Gasteiger charge is -2.11. The fraction of sp³-hybridized carbons (Fsp3) is 0.375. The molecule has 0 saturated carbocycles. The van der Waals surface area contributed by atoms with Gasteiger partial charge < -0.3 is 15.1 Å². The fourth-order valence-corrected chi connectivity index (χ4v) is 2.66. The molecule has 118 valence electrons. The molecule has 0 radical (unpaired) electrons. The van der Waals surface area contributed by atoms with Crippen molar-refractivity contribution < 1.29 is 14.0 Å². The Morgan fingerprint density at radius 3 is 2.77 bits per heavy atom. The number of hydrogen-bond acceptors (Lipinski definition) is 4. The van der Waals surface area contributed by atoms with Crippen molar-refractivity contribution in [3.05, 3.63) is 46.0 Å². The molecule has 0 bridgehead atoms. The quantitative estimate of drug-likeness (QED) is 0.770. The highest BCUT2D eigenvalue weighted by molar-refractivity contribution is 7.12. The highest BCUT2D eigenvalue weighted by atomic mass is 32.1. The Morgan fingerprint density at radius 2 is 2.14 bits per heavy atom. The van der Waals surface area contributed by atoms with E-state index in [0.717, 1.165) is 11.5 Å². The van der Waals surface area contributed by atoms with Crippen LogP contribution in [0.4, 0.5) is 0 Å². The molecule has 1 atom stereocenters. The zero-order valence-corrected chi connectivity index (χ0v) is 13.5. The first-order valence-electron chi connectivity index (χ1n) is 7.23. The molecule has 0 aliphatic rings. The molecular weight excluding hydrogens is 300 g/mol. The molecule has 6 heteroatoms. The van der Waals surface area contributed by atoms with Crippen molar-refractivity contribution in [2.24, 2.45) is 0 Å². The van der Waals surface area contributed by atoms with Gasteiger partial charge in [-0.1, -0.05) is 6.07 Å². The summed E-state index contributed by atoms with van der Waals surface area (Å²) in [6, 6.07) is 7.20. The molecule has 2 heterocycles. The zero-order chi connectivity index (χ0) is 15.9. The second-order valence-corrected chi connectivity index (χ2v) is 6.02. The largest absolute Gasteiger partial charge is 0.464 e. The van der Waals surface area contributed by atoms with Crippen LogP contribution in [0.15, 0.2) is 34.1 Å². The molecule has 0 aliphatic heterocycles. The maximum atomic E-state index is 11.8. The summed E-state index contributed by atoms with van der Waals surface area (Å²) in [7, 11) is 0. The number of amides is 2. The van der Waals surface area contributed by atoms with Crippen LogP contribution in [0.25, 0.3) is 0 Å². The molecule has 0 saturated heterocycles. The third-order valence-corrected chi connectivity index (χ3v) is 4.05. The highest BCUT2D eigenvalue weighted by Crippen LogP contribution is 2.15. The lowest BCUT2D eigenvalue weighted by atomic mass is 10.2. The average Bonchev–Trinajstić information content (AvgIpc) is 3.14. The highest BCUT2D eigenvalue weighted by Gasteiger charge is 2.12. The minimum absolute atomic E-state index is 0.0491. The summed E-state index contributed by atoms with van der Waals surface area (Å²) >= 11 is 1.40. The van der Waals surface area contributed by atoms with Crippen molar-refractivity contribution in [3.63, 3.8) is 0 Å². The molecule has 2 rings (SSSR count). The molecule has 2 aromatic rings. The number of rotatable bonds is 7. The van der Waals surface area contributed by atoms with E-state index < -0.39 is 0 Å². The van der Waals surface area contributed by atoms with E-state index in [0.29, 0.717) is 24.3 Å². The van der Waals surface area contributed by atoms with E-state index in [-0.39, 0.29) is 17.9 Å². The van der Waals surface area contributed by atoms with Crippen molar-refractivity contribution >= 4 is 23.2 Å². The molecule has 2 aromatic heterocycles. The molecule has 1 unspecified atom stereocenters. The topological polar surface area (TPSA) is 71.3 Å². The summed E-state index contributed by atoms with van der Waals surface area (Å²) in [5, 5.41) is 7.54. The van der Waals surface area contributed by atoms with Gasteiger partial charge in [-0.2, -0.15) is 0 Å². The second kappa shape index (κ2) is 7.79. The molecule has 22 heavy (non-hydrogen) atoms. The first kappa shape index (κ1) is 16.3. The van der Waals surface area contributed by atoms with Crippen molar-refractivity contribution in [1.82, 2.24) is 10.6 Å². The molecule has 2 amide bonds. The molecule has 0 aromatic carbocycles. The molecule has 0 aliphatic carbocycles. The number of furan rings is 1. The van der Waals surface area contributed by atoms with Crippen LogP contribution in [0, 0.1) is 6.92 Å². The van der Waals surface area contributed by atoms with E-state index in [9.17, 15) is 9.59 Å². The number of carbonyl (C=O) groups excluding carboxylic acids is 2. The third-order valence-electron chi connectivity index (χ3n) is 3.18. The minimum Gasteiger partial charge on any atom is -0.464 e. The van der Waals surface area contributed by atoms with Gasteiger partial charge in [0.05, 0.1) is 10.9 Å². The fourth-order valence-electron chi connectivity index (χ4n) is 2.02. The van der Waals surface area contributed by atoms with Crippen molar-refractivity contribution in [1.29, 1.82) is 0 Å². The van der Waals surface area contributed by atoms with Gasteiger partial charge in [0.25, 0.3) is 5.91 Å². The summed E-state index contributed by atoms with van der Waals surface area (Å²) in [4.78, 5) is 24.2. The Hall–Kier alpha value is -2.08. The van der Waals surface area contributed by atoms with Gasteiger partial charge in [-0.15, -0.1) is 11.3 Å². The van der Waals surface area contributed by atoms with Crippen LogP contribution in [-0.2, 0) is 4.79 Å². The van der Waals surface area contributed by atoms with Crippen LogP contribution >= 0.6 is 11.3 Å². The standard InChI is InChI=1S/C16H20N2O3S/c1-11-7-8-13(21-11)12(2)18-15(19)6-3-9-17-16(20)14-5-4-10-22-14/h4-5,7-8,10,12H,3,6,9H2,1-2H3,(H,17,20)(H,18,19). The summed E-state index contributed by atoms with van der Waals surface area (Å²) < 4.78 is 5.47. The Labute approximate surface area is 133 Å².